The average molecular weight is 509 g/mol. The predicted octanol–water partition coefficient (Wildman–Crippen LogP) is 4.23. The molecule has 14 heteroatoms. The van der Waals surface area contributed by atoms with Gasteiger partial charge in [0.05, 0.1) is 16.2 Å². The molecule has 0 fully saturated rings. The van der Waals surface area contributed by atoms with Crippen LogP contribution in [0.1, 0.15) is 17.7 Å². The molecule has 0 saturated carbocycles. The first-order valence-corrected chi connectivity index (χ1v) is 11.1. The van der Waals surface area contributed by atoms with E-state index in [1.54, 1.807) is 0 Å². The number of halogens is 6. The summed E-state index contributed by atoms with van der Waals surface area (Å²) in [6.07, 6.45) is -9.00. The van der Waals surface area contributed by atoms with Crippen molar-refractivity contribution in [2.24, 2.45) is 0 Å². The normalized spacial score (nSPS) is 15.5. The van der Waals surface area contributed by atoms with E-state index in [-0.39, 0.29) is 25.4 Å². The maximum absolute atomic E-state index is 12.9. The molecule has 3 rings (SSSR count). The van der Waals surface area contributed by atoms with E-state index in [9.17, 15) is 39.6 Å². The zero-order valence-corrected chi connectivity index (χ0v) is 18.0. The second kappa shape index (κ2) is 9.62. The van der Waals surface area contributed by atoms with Crippen LogP contribution in [0, 0.1) is 0 Å². The van der Waals surface area contributed by atoms with Crippen molar-refractivity contribution in [2.45, 2.75) is 23.7 Å². The Morgan fingerprint density at radius 3 is 2.41 bits per heavy atom. The standard InChI is InChI=1S/C20H17F6N3O4S/c21-19(22,23)12-27-18(30)33-17-6-2-5-16(28-17)13-7-9-29(10-8-13)34(31,32)15-4-1-3-14(11-15)20(24,25)26/h1-7,11H,8-10,12H2,(H,27,30). The lowest BCUT2D eigenvalue weighted by molar-refractivity contribution is -0.137. The van der Waals surface area contributed by atoms with E-state index in [1.165, 1.54) is 29.6 Å². The van der Waals surface area contributed by atoms with Crippen LogP contribution in [0.5, 0.6) is 5.88 Å². The van der Waals surface area contributed by atoms with Crippen molar-refractivity contribution < 1.29 is 44.3 Å². The summed E-state index contributed by atoms with van der Waals surface area (Å²) in [5.41, 5.74) is -0.212. The van der Waals surface area contributed by atoms with E-state index in [2.05, 4.69) is 4.98 Å². The molecule has 1 aliphatic rings. The lowest BCUT2D eigenvalue weighted by atomic mass is 10.1. The molecule has 1 aromatic carbocycles. The largest absolute Gasteiger partial charge is 0.416 e. The number of amides is 1. The molecule has 0 atom stereocenters. The maximum Gasteiger partial charge on any atom is 0.416 e. The van der Waals surface area contributed by atoms with Crippen LogP contribution in [0.3, 0.4) is 0 Å². The van der Waals surface area contributed by atoms with Crippen LogP contribution in [0.15, 0.2) is 53.4 Å². The van der Waals surface area contributed by atoms with Crippen molar-refractivity contribution in [3.8, 4) is 5.88 Å². The third-order valence-corrected chi connectivity index (χ3v) is 6.52. The van der Waals surface area contributed by atoms with E-state index in [4.69, 9.17) is 4.74 Å². The van der Waals surface area contributed by atoms with Crippen molar-refractivity contribution in [2.75, 3.05) is 19.6 Å². The molecule has 1 amide bonds. The molecule has 0 radical (unpaired) electrons. The van der Waals surface area contributed by atoms with Gasteiger partial charge in [0.1, 0.15) is 6.54 Å². The molecule has 0 spiro atoms. The Kier molecular flexibility index (Phi) is 7.21. The Labute approximate surface area is 190 Å². The molecule has 7 nitrogen and oxygen atoms in total. The monoisotopic (exact) mass is 509 g/mol. The number of hydrogen-bond donors (Lipinski definition) is 1. The zero-order valence-electron chi connectivity index (χ0n) is 17.2. The van der Waals surface area contributed by atoms with Crippen molar-refractivity contribution >= 4 is 21.7 Å². The number of nitrogens with zero attached hydrogens (tertiary/aromatic N) is 2. The third kappa shape index (κ3) is 6.47. The number of aromatic nitrogens is 1. The molecule has 1 aromatic heterocycles. The molecule has 2 aromatic rings. The first kappa shape index (κ1) is 25.5. The van der Waals surface area contributed by atoms with Crippen molar-refractivity contribution in [1.82, 2.24) is 14.6 Å². The molecule has 34 heavy (non-hydrogen) atoms. The lowest BCUT2D eigenvalue weighted by Crippen LogP contribution is -2.35. The minimum Gasteiger partial charge on any atom is -0.391 e. The topological polar surface area (TPSA) is 88.6 Å². The van der Waals surface area contributed by atoms with Gasteiger partial charge in [0.25, 0.3) is 0 Å². The van der Waals surface area contributed by atoms with Gasteiger partial charge in [0, 0.05) is 19.2 Å². The van der Waals surface area contributed by atoms with Gasteiger partial charge in [-0.05, 0) is 36.3 Å². The van der Waals surface area contributed by atoms with Gasteiger partial charge < -0.3 is 10.1 Å². The van der Waals surface area contributed by atoms with Gasteiger partial charge >= 0.3 is 18.4 Å². The molecule has 0 saturated heterocycles. The number of nitrogens with one attached hydrogen (secondary N) is 1. The van der Waals surface area contributed by atoms with Crippen LogP contribution in [-0.4, -0.2) is 49.6 Å². The van der Waals surface area contributed by atoms with E-state index in [0.29, 0.717) is 17.3 Å². The van der Waals surface area contributed by atoms with Crippen LogP contribution in [0.2, 0.25) is 0 Å². The predicted molar refractivity (Wildman–Crippen MR) is 107 cm³/mol. The number of carbonyl (C=O) groups excluding carboxylic acids is 1. The lowest BCUT2D eigenvalue weighted by Gasteiger charge is -2.26. The van der Waals surface area contributed by atoms with Crippen LogP contribution in [-0.2, 0) is 16.2 Å². The highest BCUT2D eigenvalue weighted by molar-refractivity contribution is 7.89. The van der Waals surface area contributed by atoms with Crippen molar-refractivity contribution in [3.63, 3.8) is 0 Å². The summed E-state index contributed by atoms with van der Waals surface area (Å²) in [7, 11) is -4.19. The van der Waals surface area contributed by atoms with Crippen molar-refractivity contribution in [3.05, 3.63) is 59.8 Å². The van der Waals surface area contributed by atoms with Crippen LogP contribution in [0.25, 0.3) is 5.57 Å². The van der Waals surface area contributed by atoms with Crippen LogP contribution in [0.4, 0.5) is 31.1 Å². The van der Waals surface area contributed by atoms with E-state index < -0.39 is 45.5 Å². The highest BCUT2D eigenvalue weighted by atomic mass is 32.2. The first-order chi connectivity index (χ1) is 15.8. The molecule has 0 aliphatic carbocycles. The molecule has 2 heterocycles. The number of pyridine rings is 1. The Balaban J connectivity index is 1.70. The number of ether oxygens (including phenoxy) is 1. The fraction of sp³-hybridized carbons (Fsp3) is 0.300. The van der Waals surface area contributed by atoms with Gasteiger partial charge in [0.15, 0.2) is 0 Å². The summed E-state index contributed by atoms with van der Waals surface area (Å²) in [6, 6.07) is 7.67. The molecule has 1 aliphatic heterocycles. The quantitative estimate of drug-likeness (QED) is 0.610. The number of hydrogen-bond acceptors (Lipinski definition) is 5. The number of benzene rings is 1. The van der Waals surface area contributed by atoms with Gasteiger partial charge in [-0.25, -0.2) is 18.2 Å². The van der Waals surface area contributed by atoms with Gasteiger partial charge in [-0.15, -0.1) is 0 Å². The molecule has 1 N–H and O–H groups in total. The first-order valence-electron chi connectivity index (χ1n) is 9.62. The number of sulfonamides is 1. The maximum atomic E-state index is 12.9. The minimum atomic E-state index is -4.69. The van der Waals surface area contributed by atoms with E-state index in [0.717, 1.165) is 22.5 Å². The highest BCUT2D eigenvalue weighted by Crippen LogP contribution is 2.32. The fourth-order valence-electron chi connectivity index (χ4n) is 3.04. The SMILES string of the molecule is O=C(NCC(F)(F)F)Oc1cccc(C2=CCN(S(=O)(=O)c3cccc(C(F)(F)F)c3)CC2)n1. The Morgan fingerprint density at radius 1 is 1.09 bits per heavy atom. The van der Waals surface area contributed by atoms with Crippen LogP contribution >= 0.6 is 0 Å². The van der Waals surface area contributed by atoms with Crippen LogP contribution < -0.4 is 10.1 Å². The number of rotatable bonds is 5. The summed E-state index contributed by atoms with van der Waals surface area (Å²) in [6.45, 7) is -1.77. The minimum absolute atomic E-state index is 0.0523. The zero-order chi connectivity index (χ0) is 25.1. The van der Waals surface area contributed by atoms with Gasteiger partial charge in [-0.1, -0.05) is 18.2 Å². The average Bonchev–Trinajstić information content (AvgIpc) is 2.77. The second-order valence-electron chi connectivity index (χ2n) is 7.09. The van der Waals surface area contributed by atoms with Crippen molar-refractivity contribution in [1.29, 1.82) is 0 Å². The van der Waals surface area contributed by atoms with E-state index in [1.807, 2.05) is 0 Å². The second-order valence-corrected chi connectivity index (χ2v) is 9.03. The molecule has 0 bridgehead atoms. The fourth-order valence-corrected chi connectivity index (χ4v) is 4.46. The van der Waals surface area contributed by atoms with Gasteiger partial charge in [-0.2, -0.15) is 30.6 Å². The molecular formula is C20H17F6N3O4S. The highest BCUT2D eigenvalue weighted by Gasteiger charge is 2.33. The Morgan fingerprint density at radius 2 is 1.79 bits per heavy atom. The smallest absolute Gasteiger partial charge is 0.391 e. The number of carbonyl (C=O) groups is 1. The summed E-state index contributed by atoms with van der Waals surface area (Å²) >= 11 is 0. The van der Waals surface area contributed by atoms with Gasteiger partial charge in [-0.3, -0.25) is 0 Å². The summed E-state index contributed by atoms with van der Waals surface area (Å²) in [4.78, 5) is 15.0. The summed E-state index contributed by atoms with van der Waals surface area (Å²) < 4.78 is 107. The molecule has 184 valence electrons. The van der Waals surface area contributed by atoms with E-state index >= 15 is 0 Å². The molecular weight excluding hydrogens is 492 g/mol. The Hall–Kier alpha value is -3.13. The van der Waals surface area contributed by atoms with Gasteiger partial charge in [0.2, 0.25) is 15.9 Å². The number of alkyl halides is 6. The summed E-state index contributed by atoms with van der Waals surface area (Å²) in [5.74, 6) is -0.267. The molecule has 0 unspecified atom stereocenters. The summed E-state index contributed by atoms with van der Waals surface area (Å²) in [5, 5.41) is 1.54. The Bertz CT molecular complexity index is 1200. The third-order valence-electron chi connectivity index (χ3n) is 4.65.